The fourth-order valence-corrected chi connectivity index (χ4v) is 5.63. The molecule has 194 valence electrons. The number of aliphatic carboxylic acids is 1. The van der Waals surface area contributed by atoms with E-state index in [-0.39, 0.29) is 31.4 Å². The van der Waals surface area contributed by atoms with E-state index in [2.05, 4.69) is 17.2 Å². The molecule has 2 unspecified atom stereocenters. The van der Waals surface area contributed by atoms with Gasteiger partial charge in [-0.2, -0.15) is 0 Å². The summed E-state index contributed by atoms with van der Waals surface area (Å²) in [4.78, 5) is 31.2. The number of rotatable bonds is 9. The van der Waals surface area contributed by atoms with Gasteiger partial charge < -0.3 is 26.8 Å². The van der Waals surface area contributed by atoms with Crippen molar-refractivity contribution in [1.82, 2.24) is 4.90 Å². The lowest BCUT2D eigenvalue weighted by Gasteiger charge is -2.40. The Labute approximate surface area is 208 Å². The number of aliphatic imine (C=N–C) groups is 1. The van der Waals surface area contributed by atoms with Gasteiger partial charge in [0.25, 0.3) is 11.3 Å². The second-order valence-corrected chi connectivity index (χ2v) is 10.4. The molecule has 1 aromatic rings. The number of amides is 1. The molecular weight excluding hydrogens is 472 g/mol. The van der Waals surface area contributed by atoms with Crippen LogP contribution >= 0.6 is 0 Å². The Balaban J connectivity index is 2.00. The van der Waals surface area contributed by atoms with E-state index in [9.17, 15) is 23.5 Å². The molecule has 5 atom stereocenters. The molecule has 0 radical (unpaired) electrons. The number of carbonyl (C=O) groups is 2. The predicted molar refractivity (Wildman–Crippen MR) is 136 cm³/mol. The molecule has 0 saturated carbocycles. The Morgan fingerprint density at radius 3 is 2.71 bits per heavy atom. The molecular formula is C23H36N6O5S. The van der Waals surface area contributed by atoms with Crippen molar-refractivity contribution in [3.8, 4) is 0 Å². The van der Waals surface area contributed by atoms with Crippen molar-refractivity contribution in [2.24, 2.45) is 28.3 Å². The van der Waals surface area contributed by atoms with Crippen molar-refractivity contribution in [2.45, 2.75) is 58.0 Å². The van der Waals surface area contributed by atoms with Gasteiger partial charge >= 0.3 is 5.97 Å². The quantitative estimate of drug-likeness (QED) is 0.144. The zero-order valence-corrected chi connectivity index (χ0v) is 21.0. The van der Waals surface area contributed by atoms with Gasteiger partial charge in [0.15, 0.2) is 5.96 Å². The monoisotopic (exact) mass is 508 g/mol. The van der Waals surface area contributed by atoms with Crippen LogP contribution in [0.2, 0.25) is 0 Å². The molecule has 1 fully saturated rings. The normalized spacial score (nSPS) is 23.4. The highest BCUT2D eigenvalue weighted by molar-refractivity contribution is 7.80. The summed E-state index contributed by atoms with van der Waals surface area (Å²) in [6.07, 6.45) is 2.34. The number of carbonyl (C=O) groups excluding carboxylic acids is 1. The van der Waals surface area contributed by atoms with Crippen LogP contribution in [0.25, 0.3) is 0 Å². The summed E-state index contributed by atoms with van der Waals surface area (Å²) in [6, 6.07) is 3.42. The summed E-state index contributed by atoms with van der Waals surface area (Å²) in [5.41, 5.74) is 13.0. The molecule has 11 nitrogen and oxygen atoms in total. The molecule has 2 heterocycles. The van der Waals surface area contributed by atoms with Crippen LogP contribution < -0.4 is 21.1 Å². The molecule has 1 saturated heterocycles. The Bertz CT molecular complexity index is 985. The second-order valence-electron chi connectivity index (χ2n) is 9.54. The number of piperidine rings is 1. The lowest BCUT2D eigenvalue weighted by molar-refractivity contribution is -0.153. The van der Waals surface area contributed by atoms with Crippen molar-refractivity contribution in [3.05, 3.63) is 23.8 Å². The number of guanidine groups is 1. The van der Waals surface area contributed by atoms with E-state index in [0.29, 0.717) is 37.4 Å². The number of nitrogens with one attached hydrogen (secondary N) is 1. The number of nitrogens with two attached hydrogens (primary N) is 2. The number of hydrogen-bond acceptors (Lipinski definition) is 5. The second kappa shape index (κ2) is 11.7. The van der Waals surface area contributed by atoms with Gasteiger partial charge in [-0.3, -0.25) is 18.6 Å². The summed E-state index contributed by atoms with van der Waals surface area (Å²) in [7, 11) is 0. The van der Waals surface area contributed by atoms with Gasteiger partial charge in [-0.1, -0.05) is 26.0 Å². The maximum Gasteiger partial charge on any atom is 0.326 e. The van der Waals surface area contributed by atoms with Gasteiger partial charge in [-0.25, -0.2) is 9.00 Å². The average Bonchev–Trinajstić information content (AvgIpc) is 2.79. The van der Waals surface area contributed by atoms with Gasteiger partial charge in [-0.05, 0) is 55.6 Å². The lowest BCUT2D eigenvalue weighted by atomic mass is 9.91. The van der Waals surface area contributed by atoms with E-state index < -0.39 is 35.2 Å². The first kappa shape index (κ1) is 26.7. The van der Waals surface area contributed by atoms with Crippen molar-refractivity contribution in [3.63, 3.8) is 0 Å². The van der Waals surface area contributed by atoms with Crippen molar-refractivity contribution in [1.29, 1.82) is 0 Å². The van der Waals surface area contributed by atoms with Gasteiger partial charge in [0.1, 0.15) is 12.1 Å². The third-order valence-corrected chi connectivity index (χ3v) is 7.45. The topological polar surface area (TPSA) is 175 Å². The number of fused-ring (bicyclic) bond motifs is 1. The Kier molecular flexibility index (Phi) is 8.95. The summed E-state index contributed by atoms with van der Waals surface area (Å²) in [5.74, 6) is -1.08. The summed E-state index contributed by atoms with van der Waals surface area (Å²) in [5, 5.41) is 13.2. The summed E-state index contributed by atoms with van der Waals surface area (Å²) in [6.45, 7) is 5.28. The molecule has 3 rings (SSSR count). The van der Waals surface area contributed by atoms with Crippen LogP contribution in [0.1, 0.15) is 45.1 Å². The number of carboxylic acid groups (broad SMARTS) is 1. The summed E-state index contributed by atoms with van der Waals surface area (Å²) < 4.78 is 24.3. The van der Waals surface area contributed by atoms with Crippen LogP contribution in [0, 0.1) is 11.8 Å². The Morgan fingerprint density at radius 1 is 1.31 bits per heavy atom. The first-order valence-electron chi connectivity index (χ1n) is 11.9. The first-order valence-corrected chi connectivity index (χ1v) is 13.0. The van der Waals surface area contributed by atoms with Gasteiger partial charge in [-0.15, -0.1) is 0 Å². The fourth-order valence-electron chi connectivity index (χ4n) is 4.89. The van der Waals surface area contributed by atoms with Crippen molar-refractivity contribution < 1.29 is 23.5 Å². The van der Waals surface area contributed by atoms with E-state index in [1.807, 2.05) is 13.0 Å². The van der Waals surface area contributed by atoms with Gasteiger partial charge in [0.2, 0.25) is 5.91 Å². The molecule has 0 aromatic heterocycles. The number of carboxylic acids is 1. The van der Waals surface area contributed by atoms with E-state index in [1.54, 1.807) is 12.1 Å². The average molecular weight is 509 g/mol. The molecule has 0 spiro atoms. The predicted octanol–water partition coefficient (Wildman–Crippen LogP) is 1.37. The number of para-hydroxylation sites is 1. The van der Waals surface area contributed by atoms with Crippen LogP contribution in [0.15, 0.2) is 23.2 Å². The zero-order valence-electron chi connectivity index (χ0n) is 20.2. The van der Waals surface area contributed by atoms with Crippen LogP contribution in [0.4, 0.5) is 11.4 Å². The molecule has 0 bridgehead atoms. The van der Waals surface area contributed by atoms with E-state index in [1.165, 1.54) is 9.21 Å². The molecule has 7 N–H and O–H groups in total. The molecule has 1 aromatic carbocycles. The fraction of sp³-hybridized carbons (Fsp3) is 0.609. The van der Waals surface area contributed by atoms with Crippen LogP contribution in [0.5, 0.6) is 0 Å². The van der Waals surface area contributed by atoms with Gasteiger partial charge in [0.05, 0.1) is 11.4 Å². The summed E-state index contributed by atoms with van der Waals surface area (Å²) >= 11 is -2.55. The van der Waals surface area contributed by atoms with Crippen LogP contribution in [-0.4, -0.2) is 68.3 Å². The standard InChI is InChI=1S/C23H36N6O5S/c1-14-8-10-28(19(12-14)22(31)32)21(30)18(7-4-9-26-23(24)25)29(35(33)34)17-6-3-5-16-11-15(2)13-27-20(16)17/h3,5-6,14-15,18-19,27H,4,7-13H2,1-2H3,(H,31,32)(H,33,34)(H4,24,25,26)/t14-,15-,18?,19-/m1/s1. The molecule has 2 aliphatic heterocycles. The minimum atomic E-state index is -2.55. The molecule has 12 heteroatoms. The molecule has 2 aliphatic rings. The smallest absolute Gasteiger partial charge is 0.326 e. The number of hydrogen-bond donors (Lipinski definition) is 5. The molecule has 0 aliphatic carbocycles. The van der Waals surface area contributed by atoms with Crippen LogP contribution in [-0.2, 0) is 27.3 Å². The maximum atomic E-state index is 13.9. The third-order valence-electron chi connectivity index (χ3n) is 6.66. The molecule has 35 heavy (non-hydrogen) atoms. The zero-order chi connectivity index (χ0) is 25.7. The highest BCUT2D eigenvalue weighted by Crippen LogP contribution is 2.37. The minimum absolute atomic E-state index is 0.0816. The van der Waals surface area contributed by atoms with Gasteiger partial charge in [0, 0.05) is 19.6 Å². The van der Waals surface area contributed by atoms with Crippen molar-refractivity contribution >= 4 is 40.5 Å². The Hall–Kier alpha value is -2.86. The maximum absolute atomic E-state index is 13.9. The number of benzene rings is 1. The molecule has 1 amide bonds. The first-order chi connectivity index (χ1) is 16.6. The van der Waals surface area contributed by atoms with E-state index in [0.717, 1.165) is 17.7 Å². The number of anilines is 2. The SMILES string of the molecule is C[C@@H]1CCN(C(=O)C(CCCN=C(N)N)N(c2cccc3c2NC[C@H](C)C3)S(=O)O)[C@@H](C(=O)O)C1. The number of likely N-dealkylation sites (tertiary alicyclic amines) is 1. The van der Waals surface area contributed by atoms with E-state index >= 15 is 0 Å². The van der Waals surface area contributed by atoms with E-state index in [4.69, 9.17) is 11.5 Å². The minimum Gasteiger partial charge on any atom is -0.480 e. The third kappa shape index (κ3) is 6.43. The Morgan fingerprint density at radius 2 is 2.06 bits per heavy atom. The number of nitrogens with zero attached hydrogens (tertiary/aromatic N) is 3. The largest absolute Gasteiger partial charge is 0.480 e. The lowest BCUT2D eigenvalue weighted by Crippen LogP contribution is -2.57. The highest BCUT2D eigenvalue weighted by Gasteiger charge is 2.41. The van der Waals surface area contributed by atoms with Crippen molar-refractivity contribution in [2.75, 3.05) is 29.3 Å². The van der Waals surface area contributed by atoms with Crippen LogP contribution in [0.3, 0.4) is 0 Å². The highest BCUT2D eigenvalue weighted by atomic mass is 32.2.